The normalized spacial score (nSPS) is 23.7. The van der Waals surface area contributed by atoms with Crippen molar-refractivity contribution in [2.45, 2.75) is 11.8 Å². The summed E-state index contributed by atoms with van der Waals surface area (Å²) in [5, 5.41) is 19.5. The summed E-state index contributed by atoms with van der Waals surface area (Å²) in [6.45, 7) is 1.78. The van der Waals surface area contributed by atoms with E-state index in [1.165, 1.54) is 6.20 Å². The van der Waals surface area contributed by atoms with E-state index >= 15 is 0 Å². The van der Waals surface area contributed by atoms with E-state index in [0.717, 1.165) is 30.1 Å². The first-order valence-electron chi connectivity index (χ1n) is 7.00. The van der Waals surface area contributed by atoms with Gasteiger partial charge >= 0.3 is 0 Å². The SMILES string of the molecule is CN1C[C@@H]2c3ncc(O)cc3Oc3ccc(O)cc3[C@@H]2C1. The van der Waals surface area contributed by atoms with Crippen LogP contribution in [0.15, 0.2) is 30.5 Å². The topological polar surface area (TPSA) is 65.8 Å². The van der Waals surface area contributed by atoms with Crippen LogP contribution in [0.5, 0.6) is 23.0 Å². The van der Waals surface area contributed by atoms with Gasteiger partial charge in [-0.2, -0.15) is 0 Å². The van der Waals surface area contributed by atoms with Crippen LogP contribution < -0.4 is 4.74 Å². The van der Waals surface area contributed by atoms with Gasteiger partial charge < -0.3 is 19.8 Å². The van der Waals surface area contributed by atoms with Crippen molar-refractivity contribution in [2.75, 3.05) is 20.1 Å². The molecular formula is C16H16N2O3. The first-order valence-corrected chi connectivity index (χ1v) is 7.00. The first kappa shape index (κ1) is 12.5. The fourth-order valence-electron chi connectivity index (χ4n) is 3.43. The van der Waals surface area contributed by atoms with Crippen LogP contribution in [0.4, 0.5) is 0 Å². The van der Waals surface area contributed by atoms with Crippen molar-refractivity contribution >= 4 is 0 Å². The number of likely N-dealkylation sites (N-methyl/N-ethyl adjacent to an activating group) is 1. The third-order valence-corrected chi connectivity index (χ3v) is 4.33. The van der Waals surface area contributed by atoms with Gasteiger partial charge in [-0.3, -0.25) is 4.98 Å². The Hall–Kier alpha value is -2.27. The lowest BCUT2D eigenvalue weighted by molar-refractivity contribution is 0.398. The number of aromatic nitrogens is 1. The van der Waals surface area contributed by atoms with E-state index in [4.69, 9.17) is 4.74 Å². The average molecular weight is 284 g/mol. The predicted octanol–water partition coefficient (Wildman–Crippen LogP) is 2.41. The maximum atomic E-state index is 9.80. The minimum atomic E-state index is 0.0962. The highest BCUT2D eigenvalue weighted by atomic mass is 16.5. The molecule has 2 aliphatic rings. The lowest BCUT2D eigenvalue weighted by Gasteiger charge is -2.16. The van der Waals surface area contributed by atoms with Crippen LogP contribution in [0.1, 0.15) is 23.1 Å². The quantitative estimate of drug-likeness (QED) is 0.777. The Morgan fingerprint density at radius 1 is 1.10 bits per heavy atom. The van der Waals surface area contributed by atoms with E-state index in [-0.39, 0.29) is 23.3 Å². The zero-order valence-electron chi connectivity index (χ0n) is 11.7. The number of ether oxygens (including phenoxy) is 1. The molecule has 0 radical (unpaired) electrons. The average Bonchev–Trinajstić information content (AvgIpc) is 2.78. The van der Waals surface area contributed by atoms with Crippen molar-refractivity contribution in [3.63, 3.8) is 0 Å². The summed E-state index contributed by atoms with van der Waals surface area (Å²) in [5.74, 6) is 2.10. The number of pyridine rings is 1. The Bertz CT molecular complexity index is 717. The molecule has 2 aliphatic heterocycles. The van der Waals surface area contributed by atoms with Gasteiger partial charge in [0, 0.05) is 36.6 Å². The molecular weight excluding hydrogens is 268 g/mol. The minimum Gasteiger partial charge on any atom is -0.508 e. The molecule has 1 saturated heterocycles. The van der Waals surface area contributed by atoms with Crippen LogP contribution in [0.3, 0.4) is 0 Å². The Morgan fingerprint density at radius 3 is 2.76 bits per heavy atom. The van der Waals surface area contributed by atoms with Gasteiger partial charge in [0.15, 0.2) is 5.75 Å². The Labute approximate surface area is 122 Å². The van der Waals surface area contributed by atoms with Gasteiger partial charge in [0.25, 0.3) is 0 Å². The summed E-state index contributed by atoms with van der Waals surface area (Å²) >= 11 is 0. The van der Waals surface area contributed by atoms with Gasteiger partial charge in [-0.25, -0.2) is 0 Å². The molecule has 1 fully saturated rings. The van der Waals surface area contributed by atoms with Gasteiger partial charge in [-0.15, -0.1) is 0 Å². The van der Waals surface area contributed by atoms with Gasteiger partial charge in [0.1, 0.15) is 17.2 Å². The van der Waals surface area contributed by atoms with Crippen LogP contribution in [-0.2, 0) is 0 Å². The number of hydrogen-bond acceptors (Lipinski definition) is 5. The molecule has 4 rings (SSSR count). The van der Waals surface area contributed by atoms with Crippen molar-refractivity contribution in [3.8, 4) is 23.0 Å². The number of fused-ring (bicyclic) bond motifs is 5. The Kier molecular flexibility index (Phi) is 2.59. The second kappa shape index (κ2) is 4.36. The van der Waals surface area contributed by atoms with E-state index in [9.17, 15) is 10.2 Å². The zero-order valence-corrected chi connectivity index (χ0v) is 11.7. The number of rotatable bonds is 0. The number of nitrogens with zero attached hydrogens (tertiary/aromatic N) is 2. The van der Waals surface area contributed by atoms with Crippen LogP contribution >= 0.6 is 0 Å². The summed E-state index contributed by atoms with van der Waals surface area (Å²) in [4.78, 5) is 6.65. The lowest BCUT2D eigenvalue weighted by Crippen LogP contribution is -2.14. The molecule has 0 aliphatic carbocycles. The minimum absolute atomic E-state index is 0.0962. The third-order valence-electron chi connectivity index (χ3n) is 4.33. The zero-order chi connectivity index (χ0) is 14.6. The van der Waals surface area contributed by atoms with Crippen molar-refractivity contribution in [2.24, 2.45) is 0 Å². The molecule has 5 heteroatoms. The highest BCUT2D eigenvalue weighted by molar-refractivity contribution is 5.51. The fourth-order valence-corrected chi connectivity index (χ4v) is 3.43. The lowest BCUT2D eigenvalue weighted by atomic mass is 9.86. The molecule has 1 aromatic heterocycles. The van der Waals surface area contributed by atoms with E-state index in [2.05, 4.69) is 16.9 Å². The summed E-state index contributed by atoms with van der Waals surface area (Å²) in [7, 11) is 2.08. The number of aromatic hydroxyl groups is 2. The molecule has 108 valence electrons. The summed E-state index contributed by atoms with van der Waals surface area (Å²) in [6.07, 6.45) is 1.46. The fraction of sp³-hybridized carbons (Fsp3) is 0.312. The highest BCUT2D eigenvalue weighted by Crippen LogP contribution is 2.49. The van der Waals surface area contributed by atoms with Crippen molar-refractivity contribution < 1.29 is 14.9 Å². The second-order valence-corrected chi connectivity index (χ2v) is 5.84. The molecule has 0 spiro atoms. The van der Waals surface area contributed by atoms with Crippen molar-refractivity contribution in [1.29, 1.82) is 0 Å². The molecule has 0 saturated carbocycles. The smallest absolute Gasteiger partial charge is 0.152 e. The molecule has 2 aromatic rings. The van der Waals surface area contributed by atoms with Crippen LogP contribution in [0.2, 0.25) is 0 Å². The maximum absolute atomic E-state index is 9.80. The highest BCUT2D eigenvalue weighted by Gasteiger charge is 2.39. The summed E-state index contributed by atoms with van der Waals surface area (Å²) in [6, 6.07) is 6.78. The van der Waals surface area contributed by atoms with E-state index in [1.807, 2.05) is 0 Å². The standard InChI is InChI=1S/C16H16N2O3/c1-18-7-12-11-4-9(19)2-3-14(11)21-15-5-10(20)6-17-16(15)13(12)8-18/h2-6,12-13,19-20H,7-8H2,1H3/t12-,13-/m0/s1. The van der Waals surface area contributed by atoms with E-state index in [0.29, 0.717) is 5.75 Å². The Morgan fingerprint density at radius 2 is 1.90 bits per heavy atom. The Balaban J connectivity index is 1.93. The van der Waals surface area contributed by atoms with E-state index < -0.39 is 0 Å². The maximum Gasteiger partial charge on any atom is 0.152 e. The molecule has 0 unspecified atom stereocenters. The molecule has 1 aromatic carbocycles. The number of phenols is 1. The largest absolute Gasteiger partial charge is 0.508 e. The van der Waals surface area contributed by atoms with Gasteiger partial charge in [-0.05, 0) is 25.2 Å². The summed E-state index contributed by atoms with van der Waals surface area (Å²) < 4.78 is 5.96. The molecule has 2 N–H and O–H groups in total. The van der Waals surface area contributed by atoms with Gasteiger partial charge in [0.05, 0.1) is 11.9 Å². The monoisotopic (exact) mass is 284 g/mol. The molecule has 2 atom stereocenters. The van der Waals surface area contributed by atoms with Crippen molar-refractivity contribution in [3.05, 3.63) is 41.7 Å². The van der Waals surface area contributed by atoms with Crippen molar-refractivity contribution in [1.82, 2.24) is 9.88 Å². The van der Waals surface area contributed by atoms with Crippen LogP contribution in [0, 0.1) is 0 Å². The molecule has 5 nitrogen and oxygen atoms in total. The number of benzene rings is 1. The summed E-state index contributed by atoms with van der Waals surface area (Å²) in [5.41, 5.74) is 1.87. The van der Waals surface area contributed by atoms with Gasteiger partial charge in [-0.1, -0.05) is 0 Å². The van der Waals surface area contributed by atoms with Crippen LogP contribution in [-0.4, -0.2) is 40.2 Å². The number of likely N-dealkylation sites (tertiary alicyclic amines) is 1. The molecule has 3 heterocycles. The van der Waals surface area contributed by atoms with Crippen LogP contribution in [0.25, 0.3) is 0 Å². The number of phenolic OH excluding ortho intramolecular Hbond substituents is 1. The molecule has 0 bridgehead atoms. The first-order chi connectivity index (χ1) is 10.1. The van der Waals surface area contributed by atoms with Gasteiger partial charge in [0.2, 0.25) is 0 Å². The van der Waals surface area contributed by atoms with E-state index in [1.54, 1.807) is 24.3 Å². The predicted molar refractivity (Wildman–Crippen MR) is 77.1 cm³/mol. The molecule has 0 amide bonds. The second-order valence-electron chi connectivity index (χ2n) is 5.84. The third kappa shape index (κ3) is 1.93. The number of hydrogen-bond donors (Lipinski definition) is 2. The molecule has 21 heavy (non-hydrogen) atoms.